The van der Waals surface area contributed by atoms with Crippen molar-refractivity contribution >= 4 is 19.7 Å². The lowest BCUT2D eigenvalue weighted by Gasteiger charge is -2.26. The standard InChI is InChI=1S/C9H15ClO2S/c10-13(11,12)9-3-1-2-8(6-9)7-4-5-7/h7-9H,1-6H2. The fourth-order valence-electron chi connectivity index (χ4n) is 2.43. The Morgan fingerprint density at radius 3 is 2.23 bits per heavy atom. The van der Waals surface area contributed by atoms with E-state index in [0.717, 1.165) is 25.2 Å². The van der Waals surface area contributed by atoms with Crippen LogP contribution in [0, 0.1) is 11.8 Å². The van der Waals surface area contributed by atoms with Crippen LogP contribution in [-0.4, -0.2) is 13.7 Å². The predicted molar refractivity (Wildman–Crippen MR) is 53.2 cm³/mol. The van der Waals surface area contributed by atoms with Gasteiger partial charge in [-0.25, -0.2) is 8.42 Å². The van der Waals surface area contributed by atoms with Crippen molar-refractivity contribution in [1.29, 1.82) is 0 Å². The van der Waals surface area contributed by atoms with E-state index in [1.807, 2.05) is 0 Å². The lowest BCUT2D eigenvalue weighted by atomic mass is 9.85. The average molecular weight is 223 g/mol. The summed E-state index contributed by atoms with van der Waals surface area (Å²) >= 11 is 0. The molecule has 0 radical (unpaired) electrons. The Kier molecular flexibility index (Phi) is 2.58. The molecule has 0 spiro atoms. The summed E-state index contributed by atoms with van der Waals surface area (Å²) in [6.45, 7) is 0. The van der Waals surface area contributed by atoms with Gasteiger partial charge in [-0.05, 0) is 37.5 Å². The quantitative estimate of drug-likeness (QED) is 0.673. The molecular weight excluding hydrogens is 208 g/mol. The van der Waals surface area contributed by atoms with E-state index >= 15 is 0 Å². The van der Waals surface area contributed by atoms with Crippen LogP contribution in [0.1, 0.15) is 38.5 Å². The Bertz CT molecular complexity index is 282. The van der Waals surface area contributed by atoms with Gasteiger partial charge in [0.1, 0.15) is 0 Å². The maximum Gasteiger partial charge on any atom is 0.235 e. The summed E-state index contributed by atoms with van der Waals surface area (Å²) in [6.07, 6.45) is 6.45. The second-order valence-electron chi connectivity index (χ2n) is 4.36. The van der Waals surface area contributed by atoms with Crippen molar-refractivity contribution in [2.75, 3.05) is 0 Å². The van der Waals surface area contributed by atoms with Crippen molar-refractivity contribution in [2.24, 2.45) is 11.8 Å². The van der Waals surface area contributed by atoms with Crippen LogP contribution in [-0.2, 0) is 9.05 Å². The summed E-state index contributed by atoms with van der Waals surface area (Å²) in [5.74, 6) is 1.47. The minimum atomic E-state index is -3.29. The van der Waals surface area contributed by atoms with Gasteiger partial charge >= 0.3 is 0 Å². The van der Waals surface area contributed by atoms with Crippen LogP contribution in [0.4, 0.5) is 0 Å². The Morgan fingerprint density at radius 1 is 1.00 bits per heavy atom. The summed E-state index contributed by atoms with van der Waals surface area (Å²) in [6, 6.07) is 0. The maximum atomic E-state index is 11.1. The number of hydrogen-bond acceptors (Lipinski definition) is 2. The first-order valence-electron chi connectivity index (χ1n) is 5.01. The molecule has 2 rings (SSSR count). The third kappa shape index (κ3) is 2.38. The molecule has 2 nitrogen and oxygen atoms in total. The molecule has 0 aliphatic heterocycles. The van der Waals surface area contributed by atoms with Gasteiger partial charge in [-0.3, -0.25) is 0 Å². The monoisotopic (exact) mass is 222 g/mol. The Morgan fingerprint density at radius 2 is 1.69 bits per heavy atom. The first-order valence-corrected chi connectivity index (χ1v) is 7.38. The minimum absolute atomic E-state index is 0.256. The molecule has 0 heterocycles. The molecule has 2 aliphatic carbocycles. The van der Waals surface area contributed by atoms with Crippen molar-refractivity contribution in [3.63, 3.8) is 0 Å². The largest absolute Gasteiger partial charge is 0.235 e. The maximum absolute atomic E-state index is 11.1. The lowest BCUT2D eigenvalue weighted by molar-refractivity contribution is 0.324. The van der Waals surface area contributed by atoms with E-state index in [1.165, 1.54) is 19.3 Å². The van der Waals surface area contributed by atoms with E-state index in [2.05, 4.69) is 0 Å². The van der Waals surface area contributed by atoms with Crippen molar-refractivity contribution in [3.8, 4) is 0 Å². The molecule has 76 valence electrons. The summed E-state index contributed by atoms with van der Waals surface area (Å²) in [4.78, 5) is 0. The summed E-state index contributed by atoms with van der Waals surface area (Å²) in [5, 5.41) is -0.256. The van der Waals surface area contributed by atoms with Gasteiger partial charge in [0.2, 0.25) is 9.05 Å². The van der Waals surface area contributed by atoms with Gasteiger partial charge in [-0.15, -0.1) is 0 Å². The molecule has 0 aromatic rings. The van der Waals surface area contributed by atoms with Gasteiger partial charge in [0, 0.05) is 10.7 Å². The van der Waals surface area contributed by atoms with Crippen molar-refractivity contribution in [2.45, 2.75) is 43.8 Å². The molecule has 2 aliphatic rings. The topological polar surface area (TPSA) is 34.1 Å². The molecule has 0 amide bonds. The molecule has 2 atom stereocenters. The molecule has 0 aromatic heterocycles. The molecule has 2 unspecified atom stereocenters. The van der Waals surface area contributed by atoms with Crippen molar-refractivity contribution < 1.29 is 8.42 Å². The molecule has 0 bridgehead atoms. The van der Waals surface area contributed by atoms with E-state index in [9.17, 15) is 8.42 Å². The molecule has 0 saturated heterocycles. The van der Waals surface area contributed by atoms with Gasteiger partial charge in [-0.2, -0.15) is 0 Å². The van der Waals surface area contributed by atoms with Crippen LogP contribution < -0.4 is 0 Å². The predicted octanol–water partition coefficient (Wildman–Crippen LogP) is 2.52. The molecular formula is C9H15ClO2S. The average Bonchev–Trinajstić information content (AvgIpc) is 2.85. The van der Waals surface area contributed by atoms with Crippen LogP contribution >= 0.6 is 10.7 Å². The first-order chi connectivity index (χ1) is 6.07. The third-order valence-electron chi connectivity index (χ3n) is 3.35. The van der Waals surface area contributed by atoms with E-state index < -0.39 is 9.05 Å². The van der Waals surface area contributed by atoms with E-state index in [4.69, 9.17) is 10.7 Å². The van der Waals surface area contributed by atoms with Crippen LogP contribution in [0.3, 0.4) is 0 Å². The van der Waals surface area contributed by atoms with Gasteiger partial charge in [0.05, 0.1) is 5.25 Å². The van der Waals surface area contributed by atoms with Gasteiger partial charge < -0.3 is 0 Å². The van der Waals surface area contributed by atoms with Gasteiger partial charge in [0.25, 0.3) is 0 Å². The zero-order valence-corrected chi connectivity index (χ0v) is 9.15. The van der Waals surface area contributed by atoms with Gasteiger partial charge in [-0.1, -0.05) is 12.8 Å². The molecule has 2 fully saturated rings. The number of rotatable bonds is 2. The van der Waals surface area contributed by atoms with Crippen molar-refractivity contribution in [3.05, 3.63) is 0 Å². The Hall–Kier alpha value is 0.240. The fraction of sp³-hybridized carbons (Fsp3) is 1.00. The minimum Gasteiger partial charge on any atom is -0.212 e. The fourth-order valence-corrected chi connectivity index (χ4v) is 3.84. The molecule has 4 heteroatoms. The van der Waals surface area contributed by atoms with E-state index in [0.29, 0.717) is 5.92 Å². The molecule has 0 N–H and O–H groups in total. The van der Waals surface area contributed by atoms with Crippen molar-refractivity contribution in [1.82, 2.24) is 0 Å². The molecule has 13 heavy (non-hydrogen) atoms. The first kappa shape index (κ1) is 9.78. The second-order valence-corrected chi connectivity index (χ2v) is 7.27. The smallest absolute Gasteiger partial charge is 0.212 e. The number of halogens is 1. The summed E-state index contributed by atoms with van der Waals surface area (Å²) < 4.78 is 22.3. The SMILES string of the molecule is O=S(=O)(Cl)C1CCCC(C2CC2)C1. The molecule has 0 aromatic carbocycles. The third-order valence-corrected chi connectivity index (χ3v) is 5.33. The Balaban J connectivity index is 1.99. The van der Waals surface area contributed by atoms with E-state index in [1.54, 1.807) is 0 Å². The Labute approximate surface area is 84.1 Å². The van der Waals surface area contributed by atoms with Crippen LogP contribution in [0.15, 0.2) is 0 Å². The van der Waals surface area contributed by atoms with Gasteiger partial charge in [0.15, 0.2) is 0 Å². The highest BCUT2D eigenvalue weighted by Crippen LogP contribution is 2.45. The highest BCUT2D eigenvalue weighted by Gasteiger charge is 2.38. The number of hydrogen-bond donors (Lipinski definition) is 0. The lowest BCUT2D eigenvalue weighted by Crippen LogP contribution is -2.25. The van der Waals surface area contributed by atoms with Crippen LogP contribution in [0.25, 0.3) is 0 Å². The highest BCUT2D eigenvalue weighted by atomic mass is 35.7. The van der Waals surface area contributed by atoms with Crippen LogP contribution in [0.2, 0.25) is 0 Å². The molecule has 2 saturated carbocycles. The second kappa shape index (κ2) is 3.43. The summed E-state index contributed by atoms with van der Waals surface area (Å²) in [5.41, 5.74) is 0. The van der Waals surface area contributed by atoms with Crippen LogP contribution in [0.5, 0.6) is 0 Å². The highest BCUT2D eigenvalue weighted by molar-refractivity contribution is 8.14. The summed E-state index contributed by atoms with van der Waals surface area (Å²) in [7, 11) is 2.08. The van der Waals surface area contributed by atoms with E-state index in [-0.39, 0.29) is 5.25 Å². The normalized spacial score (nSPS) is 36.1. The zero-order valence-electron chi connectivity index (χ0n) is 7.58. The zero-order chi connectivity index (χ0) is 9.47.